The molecule has 0 aromatic carbocycles. The highest BCUT2D eigenvalue weighted by Gasteiger charge is 2.26. The Labute approximate surface area is 301 Å². The summed E-state index contributed by atoms with van der Waals surface area (Å²) in [7, 11) is -4.33. The van der Waals surface area contributed by atoms with Gasteiger partial charge in [0.1, 0.15) is 0 Å². The number of carbonyl (C=O) groups excluding carboxylic acids is 1. The molecule has 0 aliphatic carbocycles. The van der Waals surface area contributed by atoms with Crippen molar-refractivity contribution in [3.05, 3.63) is 36.5 Å². The molecule has 0 saturated carbocycles. The van der Waals surface area contributed by atoms with Crippen molar-refractivity contribution in [2.45, 2.75) is 193 Å². The van der Waals surface area contributed by atoms with Crippen molar-refractivity contribution in [1.82, 2.24) is 5.32 Å². The van der Waals surface area contributed by atoms with Crippen LogP contribution in [0, 0.1) is 0 Å². The van der Waals surface area contributed by atoms with Crippen molar-refractivity contribution in [3.8, 4) is 0 Å². The molecule has 0 bridgehead atoms. The number of allylic oxidation sites excluding steroid dienone is 5. The van der Waals surface area contributed by atoms with Crippen LogP contribution in [0.3, 0.4) is 0 Å². The van der Waals surface area contributed by atoms with Crippen molar-refractivity contribution in [1.29, 1.82) is 0 Å². The number of unbranched alkanes of at least 4 members (excludes halogenated alkanes) is 21. The number of phosphoric acid groups is 1. The van der Waals surface area contributed by atoms with Gasteiger partial charge in [0.2, 0.25) is 5.91 Å². The molecule has 0 saturated heterocycles. The highest BCUT2D eigenvalue weighted by atomic mass is 31.2. The quantitative estimate of drug-likeness (QED) is 0.0286. The summed E-state index contributed by atoms with van der Waals surface area (Å²) in [6.07, 6.45) is 42.3. The largest absolute Gasteiger partial charge is 0.472 e. The lowest BCUT2D eigenvalue weighted by Crippen LogP contribution is -2.45. The minimum atomic E-state index is -4.33. The van der Waals surface area contributed by atoms with Crippen LogP contribution in [0.5, 0.6) is 0 Å². The molecule has 0 heterocycles. The molecule has 0 aliphatic rings. The van der Waals surface area contributed by atoms with Gasteiger partial charge in [-0.15, -0.1) is 0 Å². The second-order valence-electron chi connectivity index (χ2n) is 13.5. The summed E-state index contributed by atoms with van der Waals surface area (Å²) < 4.78 is 21.9. The molecule has 9 heteroatoms. The van der Waals surface area contributed by atoms with Crippen LogP contribution in [-0.2, 0) is 18.4 Å². The predicted octanol–water partition coefficient (Wildman–Crippen LogP) is 10.8. The lowest BCUT2D eigenvalue weighted by Gasteiger charge is -2.23. The molecule has 5 N–H and O–H groups in total. The standard InChI is InChI=1S/C40H77N2O6P/c1-3-5-7-9-11-12-13-14-15-16-17-18-19-20-21-22-23-24-25-26-28-30-32-34-40(44)42-38(37-48-49(45,46)47-36-35-41)39(43)33-31-29-27-10-8-6-4-2/h8,10,16-17,31,33,38-39,43H,3-7,9,11-15,18-30,32,34-37,41H2,1-2H3,(H,42,44)(H,45,46)/b10-8+,17-16-,33-31+. The van der Waals surface area contributed by atoms with Crippen LogP contribution >= 0.6 is 7.82 Å². The molecule has 0 aliphatic heterocycles. The number of aliphatic hydroxyl groups excluding tert-OH is 1. The van der Waals surface area contributed by atoms with Gasteiger partial charge in [0.15, 0.2) is 0 Å². The van der Waals surface area contributed by atoms with Crippen molar-refractivity contribution in [2.24, 2.45) is 5.73 Å². The number of nitrogens with two attached hydrogens (primary N) is 1. The van der Waals surface area contributed by atoms with Crippen LogP contribution in [0.4, 0.5) is 0 Å². The zero-order valence-corrected chi connectivity index (χ0v) is 32.6. The summed E-state index contributed by atoms with van der Waals surface area (Å²) in [6, 6.07) is -0.873. The van der Waals surface area contributed by atoms with E-state index >= 15 is 0 Å². The first-order chi connectivity index (χ1) is 23.9. The highest BCUT2D eigenvalue weighted by molar-refractivity contribution is 7.47. The molecular weight excluding hydrogens is 635 g/mol. The third-order valence-corrected chi connectivity index (χ3v) is 9.65. The van der Waals surface area contributed by atoms with E-state index in [1.54, 1.807) is 6.08 Å². The molecule has 0 radical (unpaired) electrons. The van der Waals surface area contributed by atoms with Crippen molar-refractivity contribution in [3.63, 3.8) is 0 Å². The topological polar surface area (TPSA) is 131 Å². The van der Waals surface area contributed by atoms with Crippen LogP contribution in [0.1, 0.15) is 181 Å². The minimum absolute atomic E-state index is 0.0733. The van der Waals surface area contributed by atoms with Crippen LogP contribution in [-0.4, -0.2) is 47.8 Å². The molecule has 1 amide bonds. The maximum Gasteiger partial charge on any atom is 0.472 e. The van der Waals surface area contributed by atoms with Gasteiger partial charge in [0.05, 0.1) is 25.4 Å². The smallest absolute Gasteiger partial charge is 0.387 e. The molecule has 288 valence electrons. The summed E-state index contributed by atoms with van der Waals surface area (Å²) >= 11 is 0. The Morgan fingerprint density at radius 3 is 1.65 bits per heavy atom. The number of aliphatic hydroxyl groups is 1. The van der Waals surface area contributed by atoms with Gasteiger partial charge in [-0.25, -0.2) is 4.57 Å². The van der Waals surface area contributed by atoms with Crippen LogP contribution < -0.4 is 11.1 Å². The molecule has 3 unspecified atom stereocenters. The fourth-order valence-corrected chi connectivity index (χ4v) is 6.38. The van der Waals surface area contributed by atoms with E-state index in [1.165, 1.54) is 116 Å². The second kappa shape index (κ2) is 36.5. The summed E-state index contributed by atoms with van der Waals surface area (Å²) in [6.45, 7) is 3.99. The van der Waals surface area contributed by atoms with E-state index in [0.717, 1.165) is 44.9 Å². The average Bonchev–Trinajstić information content (AvgIpc) is 3.09. The molecule has 0 aromatic rings. The number of hydrogen-bond donors (Lipinski definition) is 4. The minimum Gasteiger partial charge on any atom is -0.387 e. The SMILES string of the molecule is CCC/C=C/CC/C=C/C(O)C(COP(=O)(O)OCCN)NC(=O)CCCCCCCCCCCCC/C=C\CCCCCCCCCC. The second-order valence-corrected chi connectivity index (χ2v) is 14.9. The summed E-state index contributed by atoms with van der Waals surface area (Å²) in [5.74, 6) is -0.210. The van der Waals surface area contributed by atoms with E-state index in [0.29, 0.717) is 6.42 Å². The molecule has 0 rings (SSSR count). The number of amides is 1. The van der Waals surface area contributed by atoms with E-state index < -0.39 is 20.0 Å². The Kier molecular flexibility index (Phi) is 35.6. The lowest BCUT2D eigenvalue weighted by atomic mass is 10.0. The molecule has 0 aromatic heterocycles. The molecule has 8 nitrogen and oxygen atoms in total. The Hall–Kier alpha value is -1.28. The number of carbonyl (C=O) groups is 1. The van der Waals surface area contributed by atoms with Gasteiger partial charge in [0.25, 0.3) is 0 Å². The van der Waals surface area contributed by atoms with Crippen LogP contribution in [0.2, 0.25) is 0 Å². The average molecular weight is 713 g/mol. The van der Waals surface area contributed by atoms with Gasteiger partial charge < -0.3 is 21.1 Å². The van der Waals surface area contributed by atoms with Gasteiger partial charge in [-0.3, -0.25) is 13.8 Å². The Bertz CT molecular complexity index is 866. The first-order valence-corrected chi connectivity index (χ1v) is 21.6. The fourth-order valence-electron chi connectivity index (χ4n) is 5.62. The van der Waals surface area contributed by atoms with Crippen LogP contribution in [0.15, 0.2) is 36.5 Å². The van der Waals surface area contributed by atoms with E-state index in [4.69, 9.17) is 14.8 Å². The molecule has 0 spiro atoms. The fraction of sp³-hybridized carbons (Fsp3) is 0.825. The predicted molar refractivity (Wildman–Crippen MR) is 208 cm³/mol. The highest BCUT2D eigenvalue weighted by Crippen LogP contribution is 2.43. The van der Waals surface area contributed by atoms with Crippen molar-refractivity contribution >= 4 is 13.7 Å². The first-order valence-electron chi connectivity index (χ1n) is 20.1. The molecule has 0 fully saturated rings. The Balaban J connectivity index is 4.00. The number of rotatable bonds is 37. The van der Waals surface area contributed by atoms with E-state index in [-0.39, 0.29) is 25.7 Å². The summed E-state index contributed by atoms with van der Waals surface area (Å²) in [4.78, 5) is 22.5. The van der Waals surface area contributed by atoms with Crippen molar-refractivity contribution < 1.29 is 28.4 Å². The maximum absolute atomic E-state index is 12.7. The monoisotopic (exact) mass is 713 g/mol. The Morgan fingerprint density at radius 1 is 0.653 bits per heavy atom. The van der Waals surface area contributed by atoms with Crippen LogP contribution in [0.25, 0.3) is 0 Å². The van der Waals surface area contributed by atoms with E-state index in [9.17, 15) is 19.4 Å². The zero-order chi connectivity index (χ0) is 36.1. The van der Waals surface area contributed by atoms with Gasteiger partial charge in [-0.1, -0.05) is 159 Å². The third-order valence-electron chi connectivity index (χ3n) is 8.67. The maximum atomic E-state index is 12.7. The van der Waals surface area contributed by atoms with Gasteiger partial charge in [0, 0.05) is 13.0 Å². The molecule has 3 atom stereocenters. The Morgan fingerprint density at radius 2 is 1.12 bits per heavy atom. The van der Waals surface area contributed by atoms with Crippen molar-refractivity contribution in [2.75, 3.05) is 19.8 Å². The number of nitrogens with one attached hydrogen (secondary N) is 1. The first kappa shape index (κ1) is 47.7. The van der Waals surface area contributed by atoms with Gasteiger partial charge >= 0.3 is 7.82 Å². The lowest BCUT2D eigenvalue weighted by molar-refractivity contribution is -0.123. The molecule has 49 heavy (non-hydrogen) atoms. The summed E-state index contributed by atoms with van der Waals surface area (Å²) in [5, 5.41) is 13.5. The summed E-state index contributed by atoms with van der Waals surface area (Å²) in [5.41, 5.74) is 5.34. The molecular formula is C40H77N2O6P. The van der Waals surface area contributed by atoms with E-state index in [1.807, 2.05) is 6.08 Å². The normalized spacial score (nSPS) is 14.6. The van der Waals surface area contributed by atoms with Gasteiger partial charge in [-0.05, 0) is 51.4 Å². The van der Waals surface area contributed by atoms with Gasteiger partial charge in [-0.2, -0.15) is 0 Å². The van der Waals surface area contributed by atoms with E-state index in [2.05, 4.69) is 43.5 Å². The number of phosphoric ester groups is 1. The zero-order valence-electron chi connectivity index (χ0n) is 31.7. The number of hydrogen-bond acceptors (Lipinski definition) is 6. The third kappa shape index (κ3) is 34.9.